The number of benzene rings is 2. The first-order valence-corrected chi connectivity index (χ1v) is 9.38. The quantitative estimate of drug-likeness (QED) is 0.529. The molecule has 2 aromatic heterocycles. The number of carbonyl (C=O) groups is 1. The average Bonchev–Trinajstić information content (AvgIpc) is 3.12. The van der Waals surface area contributed by atoms with Crippen molar-refractivity contribution in [3.8, 4) is 0 Å². The maximum Gasteiger partial charge on any atom is 0.283 e. The number of hydrogen-bond acceptors (Lipinski definition) is 5. The van der Waals surface area contributed by atoms with E-state index in [2.05, 4.69) is 20.6 Å². The van der Waals surface area contributed by atoms with Gasteiger partial charge in [0, 0.05) is 5.02 Å². The van der Waals surface area contributed by atoms with Gasteiger partial charge in [-0.15, -0.1) is 5.10 Å². The third kappa shape index (κ3) is 3.92. The molecule has 0 aliphatic carbocycles. The van der Waals surface area contributed by atoms with Gasteiger partial charge < -0.3 is 5.32 Å². The third-order valence-corrected chi connectivity index (χ3v) is 4.83. The summed E-state index contributed by atoms with van der Waals surface area (Å²) >= 11 is 5.70. The van der Waals surface area contributed by atoms with Crippen LogP contribution in [0.4, 0.5) is 10.1 Å². The Morgan fingerprint density at radius 3 is 2.80 bits per heavy atom. The number of halogens is 2. The Morgan fingerprint density at radius 1 is 1.23 bits per heavy atom. The van der Waals surface area contributed by atoms with Gasteiger partial charge in [0.05, 0.1) is 12.2 Å². The Bertz CT molecular complexity index is 1320. The van der Waals surface area contributed by atoms with E-state index in [1.165, 1.54) is 23.1 Å². The molecule has 0 spiro atoms. The molecule has 152 valence electrons. The van der Waals surface area contributed by atoms with Crippen molar-refractivity contribution in [2.75, 3.05) is 5.32 Å². The zero-order valence-electron chi connectivity index (χ0n) is 15.8. The number of fused-ring (bicyclic) bond motifs is 1. The second kappa shape index (κ2) is 8.03. The van der Waals surface area contributed by atoms with E-state index < -0.39 is 17.3 Å². The molecule has 0 fully saturated rings. The molecule has 4 aromatic rings. The molecule has 4 rings (SSSR count). The number of amides is 1. The maximum absolute atomic E-state index is 13.8. The minimum atomic E-state index is -0.670. The zero-order chi connectivity index (χ0) is 21.3. The lowest BCUT2D eigenvalue weighted by Gasteiger charge is -2.08. The largest absolute Gasteiger partial charge is 0.322 e. The first-order valence-electron chi connectivity index (χ1n) is 9.00. The number of rotatable bonds is 5. The summed E-state index contributed by atoms with van der Waals surface area (Å²) in [7, 11) is 0. The van der Waals surface area contributed by atoms with Crippen LogP contribution in [-0.2, 0) is 17.9 Å². The monoisotopic (exact) mass is 426 g/mol. The maximum atomic E-state index is 13.8. The first kappa shape index (κ1) is 19.7. The summed E-state index contributed by atoms with van der Waals surface area (Å²) < 4.78 is 16.5. The van der Waals surface area contributed by atoms with Crippen LogP contribution < -0.4 is 10.9 Å². The topological polar surface area (TPSA) is 94.7 Å². The lowest BCUT2D eigenvalue weighted by molar-refractivity contribution is -0.116. The van der Waals surface area contributed by atoms with E-state index in [1.807, 2.05) is 31.2 Å². The van der Waals surface area contributed by atoms with Crippen LogP contribution >= 0.6 is 11.6 Å². The van der Waals surface area contributed by atoms with Gasteiger partial charge in [0.15, 0.2) is 11.2 Å². The van der Waals surface area contributed by atoms with Gasteiger partial charge in [0.25, 0.3) is 5.56 Å². The third-order valence-electron chi connectivity index (χ3n) is 4.59. The highest BCUT2D eigenvalue weighted by molar-refractivity contribution is 6.30. The van der Waals surface area contributed by atoms with Crippen molar-refractivity contribution in [2.24, 2.45) is 0 Å². The SMILES string of the molecule is Cc1ccccc1Cn1nnc2c(=O)n(CC(=O)Nc3ccc(Cl)cc3F)cnc21. The van der Waals surface area contributed by atoms with E-state index in [-0.39, 0.29) is 22.8 Å². The molecule has 0 unspecified atom stereocenters. The number of hydrogen-bond donors (Lipinski definition) is 1. The van der Waals surface area contributed by atoms with Crippen molar-refractivity contribution in [3.05, 3.63) is 81.1 Å². The second-order valence-corrected chi connectivity index (χ2v) is 7.13. The first-order chi connectivity index (χ1) is 14.4. The molecule has 8 nitrogen and oxygen atoms in total. The molecule has 0 aliphatic heterocycles. The van der Waals surface area contributed by atoms with E-state index >= 15 is 0 Å². The molecule has 0 radical (unpaired) electrons. The molecule has 1 amide bonds. The van der Waals surface area contributed by atoms with E-state index in [9.17, 15) is 14.0 Å². The lowest BCUT2D eigenvalue weighted by Crippen LogP contribution is -2.28. The average molecular weight is 427 g/mol. The standard InChI is InChI=1S/C20H16ClFN6O2/c1-12-4-2-3-5-13(12)9-28-19-18(25-26-28)20(30)27(11-23-19)10-17(29)24-16-7-6-14(21)8-15(16)22/h2-8,11H,9-10H2,1H3,(H,24,29). The van der Waals surface area contributed by atoms with E-state index in [4.69, 9.17) is 11.6 Å². The highest BCUT2D eigenvalue weighted by Gasteiger charge is 2.15. The summed E-state index contributed by atoms with van der Waals surface area (Å²) in [5.74, 6) is -1.26. The van der Waals surface area contributed by atoms with E-state index in [0.29, 0.717) is 12.2 Å². The van der Waals surface area contributed by atoms with Crippen LogP contribution in [0.15, 0.2) is 53.6 Å². The summed E-state index contributed by atoms with van der Waals surface area (Å²) in [6, 6.07) is 11.7. The fraction of sp³-hybridized carbons (Fsp3) is 0.150. The molecule has 0 aliphatic rings. The normalized spacial score (nSPS) is 11.0. The number of nitrogens with zero attached hydrogens (tertiary/aromatic N) is 5. The van der Waals surface area contributed by atoms with Crippen molar-refractivity contribution in [1.29, 1.82) is 0 Å². The van der Waals surface area contributed by atoms with Crippen LogP contribution in [0.25, 0.3) is 11.2 Å². The van der Waals surface area contributed by atoms with Crippen LogP contribution in [0.3, 0.4) is 0 Å². The van der Waals surface area contributed by atoms with Crippen molar-refractivity contribution >= 4 is 34.4 Å². The lowest BCUT2D eigenvalue weighted by atomic mass is 10.1. The highest BCUT2D eigenvalue weighted by Crippen LogP contribution is 2.18. The van der Waals surface area contributed by atoms with Crippen molar-refractivity contribution < 1.29 is 9.18 Å². The molecule has 1 N–H and O–H groups in total. The number of aryl methyl sites for hydroxylation is 1. The summed E-state index contributed by atoms with van der Waals surface area (Å²) in [6.07, 6.45) is 1.25. The summed E-state index contributed by atoms with van der Waals surface area (Å²) in [6.45, 7) is 2.04. The van der Waals surface area contributed by atoms with E-state index in [1.54, 1.807) is 0 Å². The smallest absolute Gasteiger partial charge is 0.283 e. The van der Waals surface area contributed by atoms with Crippen LogP contribution in [-0.4, -0.2) is 30.5 Å². The van der Waals surface area contributed by atoms with Gasteiger partial charge in [-0.05, 0) is 36.2 Å². The predicted molar refractivity (Wildman–Crippen MR) is 110 cm³/mol. The van der Waals surface area contributed by atoms with Gasteiger partial charge in [-0.25, -0.2) is 14.1 Å². The molecule has 30 heavy (non-hydrogen) atoms. The van der Waals surface area contributed by atoms with Gasteiger partial charge in [0.2, 0.25) is 5.91 Å². The van der Waals surface area contributed by atoms with Crippen molar-refractivity contribution in [2.45, 2.75) is 20.0 Å². The molecule has 10 heteroatoms. The Hall–Kier alpha value is -3.59. The molecule has 2 aromatic carbocycles. The molecule has 0 saturated heterocycles. The molecule has 0 atom stereocenters. The Morgan fingerprint density at radius 2 is 2.03 bits per heavy atom. The van der Waals surface area contributed by atoms with Crippen LogP contribution in [0, 0.1) is 12.7 Å². The highest BCUT2D eigenvalue weighted by atomic mass is 35.5. The van der Waals surface area contributed by atoms with Crippen molar-refractivity contribution in [1.82, 2.24) is 24.5 Å². The predicted octanol–water partition coefficient (Wildman–Crippen LogP) is 2.78. The van der Waals surface area contributed by atoms with Gasteiger partial charge in [-0.1, -0.05) is 41.1 Å². The minimum Gasteiger partial charge on any atom is -0.322 e. The number of carbonyl (C=O) groups excluding carboxylic acids is 1. The van der Waals surface area contributed by atoms with E-state index in [0.717, 1.165) is 21.8 Å². The minimum absolute atomic E-state index is 0.0318. The molecular formula is C20H16ClFN6O2. The molecule has 2 heterocycles. The van der Waals surface area contributed by atoms with Gasteiger partial charge in [-0.2, -0.15) is 0 Å². The fourth-order valence-corrected chi connectivity index (χ4v) is 3.15. The molecule has 0 bridgehead atoms. The summed E-state index contributed by atoms with van der Waals surface area (Å²) in [5, 5.41) is 10.6. The van der Waals surface area contributed by atoms with Gasteiger partial charge >= 0.3 is 0 Å². The van der Waals surface area contributed by atoms with Gasteiger partial charge in [0.1, 0.15) is 18.7 Å². The Kier molecular flexibility index (Phi) is 5.28. The number of nitrogens with one attached hydrogen (secondary N) is 1. The van der Waals surface area contributed by atoms with Crippen LogP contribution in [0.2, 0.25) is 5.02 Å². The Labute approximate surface area is 174 Å². The molecule has 0 saturated carbocycles. The zero-order valence-corrected chi connectivity index (χ0v) is 16.6. The summed E-state index contributed by atoms with van der Waals surface area (Å²) in [5.41, 5.74) is 1.94. The fourth-order valence-electron chi connectivity index (χ4n) is 2.99. The van der Waals surface area contributed by atoms with Crippen molar-refractivity contribution in [3.63, 3.8) is 0 Å². The molecular weight excluding hydrogens is 411 g/mol. The number of anilines is 1. The van der Waals surface area contributed by atoms with Crippen LogP contribution in [0.5, 0.6) is 0 Å². The Balaban J connectivity index is 1.56. The summed E-state index contributed by atoms with van der Waals surface area (Å²) in [4.78, 5) is 29.2. The van der Waals surface area contributed by atoms with Gasteiger partial charge in [-0.3, -0.25) is 14.2 Å². The van der Waals surface area contributed by atoms with Crippen LogP contribution in [0.1, 0.15) is 11.1 Å². The second-order valence-electron chi connectivity index (χ2n) is 6.70. The number of aromatic nitrogens is 5.